The molecule has 2 unspecified atom stereocenters. The van der Waals surface area contributed by atoms with E-state index in [1.165, 1.54) is 5.56 Å². The molecule has 2 aliphatic rings. The Bertz CT molecular complexity index is 564. The van der Waals surface area contributed by atoms with Crippen LogP contribution in [0.5, 0.6) is 0 Å². The van der Waals surface area contributed by atoms with Gasteiger partial charge in [-0.2, -0.15) is 12.6 Å². The summed E-state index contributed by atoms with van der Waals surface area (Å²) in [4.78, 5) is 25.2. The maximum Gasteiger partial charge on any atom is 0.243 e. The van der Waals surface area contributed by atoms with Crippen LogP contribution in [-0.2, 0) is 16.1 Å². The van der Waals surface area contributed by atoms with Crippen LogP contribution in [0.2, 0.25) is 0 Å². The van der Waals surface area contributed by atoms with Crippen LogP contribution in [0.15, 0.2) is 22.7 Å². The van der Waals surface area contributed by atoms with Gasteiger partial charge in [-0.1, -0.05) is 28.1 Å². The second-order valence-electron chi connectivity index (χ2n) is 4.83. The lowest BCUT2D eigenvalue weighted by atomic mass is 10.0. The quantitative estimate of drug-likeness (QED) is 0.607. The minimum Gasteiger partial charge on any atom is -0.295 e. The van der Waals surface area contributed by atoms with Crippen LogP contribution in [0.4, 0.5) is 0 Å². The van der Waals surface area contributed by atoms with E-state index >= 15 is 0 Å². The number of nitrogens with zero attached hydrogens (tertiary/aromatic N) is 1. The van der Waals surface area contributed by atoms with Crippen molar-refractivity contribution < 1.29 is 9.59 Å². The molecule has 0 spiro atoms. The summed E-state index contributed by atoms with van der Waals surface area (Å²) in [6, 6.07) is 5.74. The number of hydrogen-bond acceptors (Lipinski definition) is 4. The average molecular weight is 341 g/mol. The fourth-order valence-corrected chi connectivity index (χ4v) is 4.09. The monoisotopic (exact) mass is 340 g/mol. The number of carbonyl (C=O) groups is 2. The molecule has 2 aliphatic heterocycles. The highest BCUT2D eigenvalue weighted by Gasteiger charge is 2.39. The van der Waals surface area contributed by atoms with Crippen LogP contribution in [0.25, 0.3) is 0 Å². The first-order valence-electron chi connectivity index (χ1n) is 6.12. The Hall–Kier alpha value is -0.850. The molecule has 19 heavy (non-hydrogen) atoms. The van der Waals surface area contributed by atoms with Crippen LogP contribution in [0.1, 0.15) is 29.3 Å². The van der Waals surface area contributed by atoms with Gasteiger partial charge in [-0.05, 0) is 23.6 Å². The van der Waals surface area contributed by atoms with E-state index in [-0.39, 0.29) is 23.2 Å². The van der Waals surface area contributed by atoms with E-state index in [9.17, 15) is 9.59 Å². The predicted octanol–water partition coefficient (Wildman–Crippen LogP) is 2.00. The molecule has 100 valence electrons. The van der Waals surface area contributed by atoms with E-state index < -0.39 is 0 Å². The molecule has 2 amide bonds. The molecule has 0 bridgehead atoms. The molecule has 6 heteroatoms. The SMILES string of the molecule is O=C1CCC(N2Cc3cccc(Br)c3C2S)C(=O)N1. The van der Waals surface area contributed by atoms with Gasteiger partial charge in [0.15, 0.2) is 0 Å². The van der Waals surface area contributed by atoms with Gasteiger partial charge in [-0.25, -0.2) is 0 Å². The Labute approximate surface area is 125 Å². The van der Waals surface area contributed by atoms with E-state index in [1.54, 1.807) is 0 Å². The van der Waals surface area contributed by atoms with Crippen molar-refractivity contribution in [1.82, 2.24) is 10.2 Å². The molecular formula is C13H13BrN2O2S. The second-order valence-corrected chi connectivity index (χ2v) is 6.17. The number of imide groups is 1. The van der Waals surface area contributed by atoms with Crippen molar-refractivity contribution in [3.63, 3.8) is 0 Å². The summed E-state index contributed by atoms with van der Waals surface area (Å²) in [6.07, 6.45) is 0.957. The summed E-state index contributed by atoms with van der Waals surface area (Å²) in [5, 5.41) is 2.29. The standard InChI is InChI=1S/C13H13BrN2O2S/c14-8-3-1-2-7-6-16(13(19)11(7)8)9-4-5-10(17)15-12(9)18/h1-3,9,13,19H,4-6H2,(H,15,17,18). The minimum absolute atomic E-state index is 0.116. The third-order valence-electron chi connectivity index (χ3n) is 3.68. The summed E-state index contributed by atoms with van der Waals surface area (Å²) < 4.78 is 1.01. The fourth-order valence-electron chi connectivity index (χ4n) is 2.74. The minimum atomic E-state index is -0.278. The molecule has 1 aromatic rings. The molecule has 3 rings (SSSR count). The molecule has 0 saturated carbocycles. The number of amides is 2. The second kappa shape index (κ2) is 4.92. The number of nitrogens with one attached hydrogen (secondary N) is 1. The number of benzene rings is 1. The summed E-state index contributed by atoms with van der Waals surface area (Å²) in [6.45, 7) is 0.690. The average Bonchev–Trinajstić information content (AvgIpc) is 2.68. The van der Waals surface area contributed by atoms with Crippen LogP contribution < -0.4 is 5.32 Å². The molecule has 1 aromatic carbocycles. The topological polar surface area (TPSA) is 49.4 Å². The maximum absolute atomic E-state index is 12.0. The van der Waals surface area contributed by atoms with Crippen molar-refractivity contribution in [3.05, 3.63) is 33.8 Å². The zero-order valence-corrected chi connectivity index (χ0v) is 12.6. The molecule has 0 aromatic heterocycles. The summed E-state index contributed by atoms with van der Waals surface area (Å²) in [5.41, 5.74) is 2.30. The maximum atomic E-state index is 12.0. The lowest BCUT2D eigenvalue weighted by Gasteiger charge is -2.32. The Morgan fingerprint density at radius 3 is 2.84 bits per heavy atom. The van der Waals surface area contributed by atoms with Gasteiger partial charge in [0, 0.05) is 17.4 Å². The van der Waals surface area contributed by atoms with Gasteiger partial charge < -0.3 is 0 Å². The number of carbonyl (C=O) groups excluding carboxylic acids is 2. The van der Waals surface area contributed by atoms with Gasteiger partial charge in [0.1, 0.15) is 0 Å². The Kier molecular flexibility index (Phi) is 3.41. The first-order chi connectivity index (χ1) is 9.08. The summed E-state index contributed by atoms with van der Waals surface area (Å²) >= 11 is 8.17. The number of fused-ring (bicyclic) bond motifs is 1. The van der Waals surface area contributed by atoms with Crippen LogP contribution in [0, 0.1) is 0 Å². The van der Waals surface area contributed by atoms with E-state index in [0.717, 1.165) is 10.0 Å². The Morgan fingerprint density at radius 1 is 1.37 bits per heavy atom. The first-order valence-corrected chi connectivity index (χ1v) is 7.43. The van der Waals surface area contributed by atoms with Gasteiger partial charge >= 0.3 is 0 Å². The van der Waals surface area contributed by atoms with Gasteiger partial charge in [0.05, 0.1) is 11.4 Å². The smallest absolute Gasteiger partial charge is 0.243 e. The normalized spacial score (nSPS) is 27.3. The summed E-state index contributed by atoms with van der Waals surface area (Å²) in [5.74, 6) is -0.394. The molecule has 1 fully saturated rings. The number of thiol groups is 1. The van der Waals surface area contributed by atoms with Crippen LogP contribution in [0.3, 0.4) is 0 Å². The van der Waals surface area contributed by atoms with E-state index in [2.05, 4.69) is 39.9 Å². The molecule has 1 saturated heterocycles. The van der Waals surface area contributed by atoms with Crippen LogP contribution in [-0.4, -0.2) is 22.8 Å². The third-order valence-corrected chi connectivity index (χ3v) is 4.93. The number of piperidine rings is 1. The van der Waals surface area contributed by atoms with Gasteiger partial charge in [0.2, 0.25) is 11.8 Å². The van der Waals surface area contributed by atoms with Crippen molar-refractivity contribution in [1.29, 1.82) is 0 Å². The van der Waals surface area contributed by atoms with Gasteiger partial charge in [-0.3, -0.25) is 19.8 Å². The van der Waals surface area contributed by atoms with E-state index in [1.807, 2.05) is 17.0 Å². The Balaban J connectivity index is 1.88. The lowest BCUT2D eigenvalue weighted by molar-refractivity contribution is -0.137. The fraction of sp³-hybridized carbons (Fsp3) is 0.385. The highest BCUT2D eigenvalue weighted by atomic mass is 79.9. The zero-order valence-electron chi connectivity index (χ0n) is 10.1. The van der Waals surface area contributed by atoms with Gasteiger partial charge in [0.25, 0.3) is 0 Å². The molecule has 2 heterocycles. The van der Waals surface area contributed by atoms with E-state index in [4.69, 9.17) is 0 Å². The molecule has 4 nitrogen and oxygen atoms in total. The molecule has 2 atom stereocenters. The zero-order chi connectivity index (χ0) is 13.6. The van der Waals surface area contributed by atoms with Crippen molar-refractivity contribution in [2.24, 2.45) is 0 Å². The van der Waals surface area contributed by atoms with E-state index in [0.29, 0.717) is 19.4 Å². The lowest BCUT2D eigenvalue weighted by Crippen LogP contribution is -2.51. The highest BCUT2D eigenvalue weighted by Crippen LogP contribution is 2.42. The largest absolute Gasteiger partial charge is 0.295 e. The number of rotatable bonds is 1. The molecule has 0 aliphatic carbocycles. The first kappa shape index (κ1) is 13.1. The van der Waals surface area contributed by atoms with Crippen molar-refractivity contribution in [2.75, 3.05) is 0 Å². The Morgan fingerprint density at radius 2 is 2.16 bits per heavy atom. The molecule has 0 radical (unpaired) electrons. The third kappa shape index (κ3) is 2.22. The highest BCUT2D eigenvalue weighted by molar-refractivity contribution is 9.10. The van der Waals surface area contributed by atoms with Gasteiger partial charge in [-0.15, -0.1) is 0 Å². The van der Waals surface area contributed by atoms with Crippen molar-refractivity contribution in [2.45, 2.75) is 30.8 Å². The predicted molar refractivity (Wildman–Crippen MR) is 77.6 cm³/mol. The summed E-state index contributed by atoms with van der Waals surface area (Å²) in [7, 11) is 0. The van der Waals surface area contributed by atoms with Crippen LogP contribution >= 0.6 is 28.6 Å². The number of hydrogen-bond donors (Lipinski definition) is 2. The molecule has 1 N–H and O–H groups in total. The number of halogens is 1. The molecular weight excluding hydrogens is 328 g/mol. The van der Waals surface area contributed by atoms with Crippen molar-refractivity contribution in [3.8, 4) is 0 Å². The van der Waals surface area contributed by atoms with Crippen molar-refractivity contribution >= 4 is 40.4 Å².